The number of nitrogens with zero attached hydrogens (tertiary/aromatic N) is 1. The zero-order chi connectivity index (χ0) is 12.8. The second-order valence-electron chi connectivity index (χ2n) is 4.47. The van der Waals surface area contributed by atoms with E-state index in [0.29, 0.717) is 11.8 Å². The first-order valence-corrected chi connectivity index (χ1v) is 6.15. The Bertz CT molecular complexity index is 468. The molecule has 0 bridgehead atoms. The highest BCUT2D eigenvalue weighted by atomic mass is 16.3. The number of phenols is 1. The van der Waals surface area contributed by atoms with Crippen LogP contribution in [0.25, 0.3) is 0 Å². The monoisotopic (exact) mass is 242 g/mol. The van der Waals surface area contributed by atoms with E-state index in [-0.39, 0.29) is 0 Å². The van der Waals surface area contributed by atoms with Crippen molar-refractivity contribution in [3.8, 4) is 5.75 Å². The molecule has 3 heteroatoms. The van der Waals surface area contributed by atoms with Gasteiger partial charge in [0.2, 0.25) is 0 Å². The topological polar surface area (TPSA) is 45.1 Å². The van der Waals surface area contributed by atoms with Gasteiger partial charge in [-0.1, -0.05) is 18.2 Å². The Labute approximate surface area is 108 Å². The third kappa shape index (κ3) is 3.86. The molecule has 0 radical (unpaired) electrons. The van der Waals surface area contributed by atoms with E-state index in [4.69, 9.17) is 0 Å². The van der Waals surface area contributed by atoms with E-state index in [9.17, 15) is 5.11 Å². The van der Waals surface area contributed by atoms with Crippen LogP contribution < -0.4 is 5.32 Å². The van der Waals surface area contributed by atoms with Gasteiger partial charge in [0.1, 0.15) is 5.75 Å². The molecule has 1 aromatic heterocycles. The first-order valence-electron chi connectivity index (χ1n) is 6.15. The van der Waals surface area contributed by atoms with Gasteiger partial charge in [0.15, 0.2) is 0 Å². The molecule has 0 saturated carbocycles. The maximum atomic E-state index is 9.22. The van der Waals surface area contributed by atoms with Gasteiger partial charge in [-0.25, -0.2) is 0 Å². The van der Waals surface area contributed by atoms with Crippen molar-refractivity contribution in [2.75, 3.05) is 0 Å². The molecule has 2 N–H and O–H groups in total. The summed E-state index contributed by atoms with van der Waals surface area (Å²) in [5.74, 6) is 0.313. The highest BCUT2D eigenvalue weighted by Gasteiger charge is 2.03. The maximum absolute atomic E-state index is 9.22. The second kappa shape index (κ2) is 6.17. The molecule has 1 atom stereocenters. The summed E-state index contributed by atoms with van der Waals surface area (Å²) in [5, 5.41) is 12.7. The molecule has 0 spiro atoms. The van der Waals surface area contributed by atoms with Gasteiger partial charge < -0.3 is 10.4 Å². The van der Waals surface area contributed by atoms with Crippen molar-refractivity contribution >= 4 is 0 Å². The molecule has 3 nitrogen and oxygen atoms in total. The Balaban J connectivity index is 1.82. The number of phenolic OH excluding ortho intramolecular Hbond substituents is 1. The molecule has 2 rings (SSSR count). The average Bonchev–Trinajstić information content (AvgIpc) is 2.40. The lowest BCUT2D eigenvalue weighted by Crippen LogP contribution is -2.27. The summed E-state index contributed by atoms with van der Waals surface area (Å²) in [6, 6.07) is 13.7. The number of nitrogens with one attached hydrogen (secondary N) is 1. The molecular formula is C15H18N2O. The lowest BCUT2D eigenvalue weighted by atomic mass is 10.1. The summed E-state index contributed by atoms with van der Waals surface area (Å²) in [5.41, 5.74) is 2.27. The molecule has 1 unspecified atom stereocenters. The molecular weight excluding hydrogens is 224 g/mol. The third-order valence-corrected chi connectivity index (χ3v) is 2.84. The normalized spacial score (nSPS) is 12.3. The number of rotatable bonds is 5. The molecule has 0 amide bonds. The Kier molecular flexibility index (Phi) is 4.31. The van der Waals surface area contributed by atoms with Crippen molar-refractivity contribution in [2.45, 2.75) is 25.9 Å². The molecule has 0 saturated heterocycles. The van der Waals surface area contributed by atoms with Crippen LogP contribution in [0.3, 0.4) is 0 Å². The molecule has 1 aromatic carbocycles. The Hall–Kier alpha value is -1.87. The zero-order valence-electron chi connectivity index (χ0n) is 10.5. The van der Waals surface area contributed by atoms with E-state index >= 15 is 0 Å². The summed E-state index contributed by atoms with van der Waals surface area (Å²) in [6.07, 6.45) is 2.74. The second-order valence-corrected chi connectivity index (χ2v) is 4.47. The fraction of sp³-hybridized carbons (Fsp3) is 0.267. The Morgan fingerprint density at radius 1 is 1.17 bits per heavy atom. The third-order valence-electron chi connectivity index (χ3n) is 2.84. The van der Waals surface area contributed by atoms with Crippen LogP contribution in [0.5, 0.6) is 5.75 Å². The van der Waals surface area contributed by atoms with Crippen molar-refractivity contribution in [3.63, 3.8) is 0 Å². The lowest BCUT2D eigenvalue weighted by molar-refractivity contribution is 0.474. The summed E-state index contributed by atoms with van der Waals surface area (Å²) in [6.45, 7) is 2.93. The number of benzene rings is 1. The van der Waals surface area contributed by atoms with Gasteiger partial charge in [-0.05, 0) is 43.2 Å². The minimum Gasteiger partial charge on any atom is -0.508 e. The summed E-state index contributed by atoms with van der Waals surface area (Å²) in [4.78, 5) is 4.27. The van der Waals surface area contributed by atoms with Gasteiger partial charge >= 0.3 is 0 Å². The largest absolute Gasteiger partial charge is 0.508 e. The standard InChI is InChI=1S/C15H18N2O/c1-12(10-13-5-7-15(18)8-6-13)17-11-14-4-2-3-9-16-14/h2-9,12,17-18H,10-11H2,1H3. The molecule has 18 heavy (non-hydrogen) atoms. The van der Waals surface area contributed by atoms with Gasteiger partial charge in [0.25, 0.3) is 0 Å². The van der Waals surface area contributed by atoms with Gasteiger partial charge in [0.05, 0.1) is 5.69 Å². The first kappa shape index (κ1) is 12.6. The predicted molar refractivity (Wildman–Crippen MR) is 72.3 cm³/mol. The van der Waals surface area contributed by atoms with E-state index in [2.05, 4.69) is 17.2 Å². The average molecular weight is 242 g/mol. The van der Waals surface area contributed by atoms with Crippen LogP contribution in [0.4, 0.5) is 0 Å². The van der Waals surface area contributed by atoms with E-state index < -0.39 is 0 Å². The van der Waals surface area contributed by atoms with Crippen molar-refractivity contribution in [2.24, 2.45) is 0 Å². The quantitative estimate of drug-likeness (QED) is 0.846. The van der Waals surface area contributed by atoms with Crippen molar-refractivity contribution in [1.82, 2.24) is 10.3 Å². The van der Waals surface area contributed by atoms with E-state index in [1.807, 2.05) is 36.5 Å². The zero-order valence-corrected chi connectivity index (χ0v) is 10.5. The minimum atomic E-state index is 0.313. The van der Waals surface area contributed by atoms with Crippen molar-refractivity contribution in [3.05, 3.63) is 59.9 Å². The molecule has 1 heterocycles. The summed E-state index contributed by atoms with van der Waals surface area (Å²) in [7, 11) is 0. The molecule has 0 fully saturated rings. The van der Waals surface area contributed by atoms with Gasteiger partial charge in [-0.15, -0.1) is 0 Å². The number of hydrogen-bond donors (Lipinski definition) is 2. The first-order chi connectivity index (χ1) is 8.74. The molecule has 94 valence electrons. The Morgan fingerprint density at radius 3 is 2.61 bits per heavy atom. The van der Waals surface area contributed by atoms with Gasteiger partial charge in [0, 0.05) is 18.8 Å². The lowest BCUT2D eigenvalue weighted by Gasteiger charge is -2.13. The molecule has 0 aliphatic carbocycles. The van der Waals surface area contributed by atoms with Gasteiger partial charge in [-0.3, -0.25) is 4.98 Å². The van der Waals surface area contributed by atoms with Crippen LogP contribution in [-0.2, 0) is 13.0 Å². The highest BCUT2D eigenvalue weighted by molar-refractivity contribution is 5.26. The van der Waals surface area contributed by atoms with Crippen molar-refractivity contribution < 1.29 is 5.11 Å². The predicted octanol–water partition coefficient (Wildman–Crippen LogP) is 2.51. The Morgan fingerprint density at radius 2 is 1.94 bits per heavy atom. The van der Waals surface area contributed by atoms with Crippen LogP contribution in [-0.4, -0.2) is 16.1 Å². The fourth-order valence-corrected chi connectivity index (χ4v) is 1.84. The summed E-state index contributed by atoms with van der Waals surface area (Å²) < 4.78 is 0. The van der Waals surface area contributed by atoms with Crippen LogP contribution in [0.1, 0.15) is 18.2 Å². The fourth-order valence-electron chi connectivity index (χ4n) is 1.84. The SMILES string of the molecule is CC(Cc1ccc(O)cc1)NCc1ccccn1. The number of aromatic hydroxyl groups is 1. The van der Waals surface area contributed by atoms with E-state index in [1.54, 1.807) is 12.1 Å². The van der Waals surface area contributed by atoms with E-state index in [0.717, 1.165) is 18.7 Å². The molecule has 0 aliphatic heterocycles. The van der Waals surface area contributed by atoms with Crippen LogP contribution >= 0.6 is 0 Å². The van der Waals surface area contributed by atoms with E-state index in [1.165, 1.54) is 5.56 Å². The number of hydrogen-bond acceptors (Lipinski definition) is 3. The number of pyridine rings is 1. The van der Waals surface area contributed by atoms with Crippen LogP contribution in [0, 0.1) is 0 Å². The molecule has 2 aromatic rings. The van der Waals surface area contributed by atoms with Crippen molar-refractivity contribution in [1.29, 1.82) is 0 Å². The maximum Gasteiger partial charge on any atom is 0.115 e. The minimum absolute atomic E-state index is 0.313. The highest BCUT2D eigenvalue weighted by Crippen LogP contribution is 2.11. The van der Waals surface area contributed by atoms with Crippen LogP contribution in [0.15, 0.2) is 48.7 Å². The van der Waals surface area contributed by atoms with Crippen LogP contribution in [0.2, 0.25) is 0 Å². The van der Waals surface area contributed by atoms with Gasteiger partial charge in [-0.2, -0.15) is 0 Å². The smallest absolute Gasteiger partial charge is 0.115 e. The number of aromatic nitrogens is 1. The summed E-state index contributed by atoms with van der Waals surface area (Å²) >= 11 is 0. The molecule has 0 aliphatic rings.